The lowest BCUT2D eigenvalue weighted by atomic mass is 9.61. The van der Waals surface area contributed by atoms with E-state index in [9.17, 15) is 4.79 Å². The van der Waals surface area contributed by atoms with E-state index in [-0.39, 0.29) is 33.7 Å². The zero-order chi connectivity index (χ0) is 33.3. The third-order valence-corrected chi connectivity index (χ3v) is 21.4. The van der Waals surface area contributed by atoms with Gasteiger partial charge in [0.05, 0.1) is 18.8 Å². The van der Waals surface area contributed by atoms with E-state index in [4.69, 9.17) is 13.6 Å². The molecule has 0 amide bonds. The Hall–Kier alpha value is -0.956. The van der Waals surface area contributed by atoms with E-state index in [0.29, 0.717) is 24.4 Å². The summed E-state index contributed by atoms with van der Waals surface area (Å²) < 4.78 is 19.4. The van der Waals surface area contributed by atoms with Crippen molar-refractivity contribution in [2.45, 2.75) is 169 Å². The van der Waals surface area contributed by atoms with E-state index >= 15 is 0 Å². The first-order chi connectivity index (χ1) is 20.1. The summed E-state index contributed by atoms with van der Waals surface area (Å²) in [5, 5.41) is 0.387. The smallest absolute Gasteiger partial charge is 0.333 e. The van der Waals surface area contributed by atoms with Crippen LogP contribution >= 0.6 is 0 Å². The van der Waals surface area contributed by atoms with E-state index < -0.39 is 16.6 Å². The van der Waals surface area contributed by atoms with Crippen molar-refractivity contribution in [3.05, 3.63) is 34.9 Å². The highest BCUT2D eigenvalue weighted by Crippen LogP contribution is 2.59. The Labute approximate surface area is 274 Å². The van der Waals surface area contributed by atoms with Gasteiger partial charge in [-0.1, -0.05) is 84.8 Å². The lowest BCUT2D eigenvalue weighted by Crippen LogP contribution is -2.48. The van der Waals surface area contributed by atoms with Crippen molar-refractivity contribution < 1.29 is 18.4 Å². The SMILES string of the molecule is CCOC(=O)C(C)=C[C@@H](C)[C@H]1CC[C@H]2C(=CC=C3C[C@@H](O[Si](C)(C)C(C)(C)C)C[C@H](O[Si](C)(C)C(C)(C)C)C3)CCC[C@]12C. The summed E-state index contributed by atoms with van der Waals surface area (Å²) in [7, 11) is -3.78. The van der Waals surface area contributed by atoms with Crippen LogP contribution in [0.4, 0.5) is 0 Å². The summed E-state index contributed by atoms with van der Waals surface area (Å²) in [5.41, 5.74) is 4.17. The molecule has 0 aliphatic heterocycles. The number of rotatable bonds is 9. The molecule has 0 aromatic heterocycles. The van der Waals surface area contributed by atoms with Crippen LogP contribution in [0, 0.1) is 23.2 Å². The van der Waals surface area contributed by atoms with E-state index in [1.165, 1.54) is 37.7 Å². The Kier molecular flexibility index (Phi) is 12.0. The third kappa shape index (κ3) is 8.69. The maximum absolute atomic E-state index is 12.3. The lowest BCUT2D eigenvalue weighted by Gasteiger charge is -2.45. The van der Waals surface area contributed by atoms with Crippen LogP contribution in [0.15, 0.2) is 34.9 Å². The van der Waals surface area contributed by atoms with Crippen LogP contribution in [-0.2, 0) is 18.4 Å². The fourth-order valence-corrected chi connectivity index (χ4v) is 10.6. The number of hydrogen-bond acceptors (Lipinski definition) is 4. The highest BCUT2D eigenvalue weighted by atomic mass is 28.4. The number of allylic oxidation sites excluding steroid dienone is 4. The zero-order valence-corrected chi connectivity index (χ0v) is 33.1. The topological polar surface area (TPSA) is 44.8 Å². The van der Waals surface area contributed by atoms with Crippen molar-refractivity contribution in [1.29, 1.82) is 0 Å². The highest BCUT2D eigenvalue weighted by molar-refractivity contribution is 6.74. The van der Waals surface area contributed by atoms with Gasteiger partial charge >= 0.3 is 5.97 Å². The standard InChI is InChI=1S/C38H68O4Si2/c1-15-40-35(39)28(3)23-27(2)33-20-21-34-30(17-16-22-38(33,34)10)19-18-29-24-31(41-43(11,12)36(4,5)6)26-32(25-29)42-44(13,14)37(7,8)9/h18-19,23,27,31-34H,15-17,20-22,24-26H2,1-14H3/t27-,31-,32-,33-,34+,38-/m1/s1. The minimum Gasteiger partial charge on any atom is -0.463 e. The molecule has 0 heterocycles. The molecule has 44 heavy (non-hydrogen) atoms. The predicted molar refractivity (Wildman–Crippen MR) is 192 cm³/mol. The molecule has 4 nitrogen and oxygen atoms in total. The van der Waals surface area contributed by atoms with Crippen LogP contribution in [0.25, 0.3) is 0 Å². The molecule has 3 rings (SSSR count). The lowest BCUT2D eigenvalue weighted by molar-refractivity contribution is -0.138. The summed E-state index contributed by atoms with van der Waals surface area (Å²) >= 11 is 0. The first-order valence-electron chi connectivity index (χ1n) is 17.7. The fraction of sp³-hybridized carbons (Fsp3) is 0.816. The Morgan fingerprint density at radius 1 is 0.955 bits per heavy atom. The van der Waals surface area contributed by atoms with Gasteiger partial charge in [-0.3, -0.25) is 0 Å². The van der Waals surface area contributed by atoms with Gasteiger partial charge in [0.15, 0.2) is 16.6 Å². The average Bonchev–Trinajstić information content (AvgIpc) is 3.23. The van der Waals surface area contributed by atoms with Gasteiger partial charge in [0.2, 0.25) is 0 Å². The molecule has 6 heteroatoms. The van der Waals surface area contributed by atoms with Crippen molar-refractivity contribution in [2.24, 2.45) is 23.2 Å². The molecule has 0 N–H and O–H groups in total. The second-order valence-corrected chi connectivity index (χ2v) is 27.2. The molecule has 0 saturated heterocycles. The van der Waals surface area contributed by atoms with Gasteiger partial charge in [-0.15, -0.1) is 0 Å². The monoisotopic (exact) mass is 644 g/mol. The van der Waals surface area contributed by atoms with Crippen LogP contribution in [-0.4, -0.2) is 41.4 Å². The number of hydrogen-bond donors (Lipinski definition) is 0. The Balaban J connectivity index is 1.86. The minimum absolute atomic E-state index is 0.172. The third-order valence-electron chi connectivity index (χ3n) is 12.4. The first kappa shape index (κ1) is 37.5. The van der Waals surface area contributed by atoms with Crippen LogP contribution in [0.5, 0.6) is 0 Å². The molecule has 0 radical (unpaired) electrons. The van der Waals surface area contributed by atoms with Crippen molar-refractivity contribution in [3.63, 3.8) is 0 Å². The molecular formula is C38H68O4Si2. The molecule has 3 aliphatic rings. The fourth-order valence-electron chi connectivity index (χ4n) is 7.82. The second kappa shape index (κ2) is 14.0. The molecule has 3 saturated carbocycles. The summed E-state index contributed by atoms with van der Waals surface area (Å²) in [6.45, 7) is 32.7. The minimum atomic E-state index is -1.89. The van der Waals surface area contributed by atoms with E-state index in [1.807, 2.05) is 13.8 Å². The average molecular weight is 645 g/mol. The molecule has 0 unspecified atom stereocenters. The summed E-state index contributed by atoms with van der Waals surface area (Å²) in [5.74, 6) is 1.41. The van der Waals surface area contributed by atoms with Crippen molar-refractivity contribution in [2.75, 3.05) is 6.61 Å². The molecule has 3 aliphatic carbocycles. The van der Waals surface area contributed by atoms with Gasteiger partial charge in [-0.25, -0.2) is 4.79 Å². The maximum Gasteiger partial charge on any atom is 0.333 e. The summed E-state index contributed by atoms with van der Waals surface area (Å²) in [6.07, 6.45) is 16.9. The number of ether oxygens (including phenoxy) is 1. The Morgan fingerprint density at radius 2 is 1.50 bits per heavy atom. The quantitative estimate of drug-likeness (QED) is 0.142. The molecule has 252 valence electrons. The normalized spacial score (nSPS) is 30.7. The van der Waals surface area contributed by atoms with Gasteiger partial charge in [0.1, 0.15) is 0 Å². The predicted octanol–water partition coefficient (Wildman–Crippen LogP) is 11.2. The molecule has 0 aromatic rings. The number of carbonyl (C=O) groups is 1. The van der Waals surface area contributed by atoms with Gasteiger partial charge in [0, 0.05) is 5.57 Å². The van der Waals surface area contributed by atoms with Crippen molar-refractivity contribution in [1.82, 2.24) is 0 Å². The van der Waals surface area contributed by atoms with Crippen molar-refractivity contribution in [3.8, 4) is 0 Å². The number of esters is 1. The molecule has 0 bridgehead atoms. The number of carbonyl (C=O) groups excluding carboxylic acids is 1. The van der Waals surface area contributed by atoms with E-state index in [0.717, 1.165) is 24.8 Å². The second-order valence-electron chi connectivity index (χ2n) is 17.7. The van der Waals surface area contributed by atoms with Crippen LogP contribution in [0.3, 0.4) is 0 Å². The number of fused-ring (bicyclic) bond motifs is 1. The molecule has 3 fully saturated rings. The van der Waals surface area contributed by atoms with Gasteiger partial charge in [-0.2, -0.15) is 0 Å². The Bertz CT molecular complexity index is 1060. The van der Waals surface area contributed by atoms with Crippen LogP contribution in [0.1, 0.15) is 121 Å². The highest BCUT2D eigenvalue weighted by Gasteiger charge is 2.50. The van der Waals surface area contributed by atoms with Crippen LogP contribution in [0.2, 0.25) is 36.3 Å². The zero-order valence-electron chi connectivity index (χ0n) is 31.1. The van der Waals surface area contributed by atoms with Crippen molar-refractivity contribution >= 4 is 22.6 Å². The largest absolute Gasteiger partial charge is 0.463 e. The molecule has 0 spiro atoms. The molecule has 6 atom stereocenters. The van der Waals surface area contributed by atoms with Gasteiger partial charge in [0.25, 0.3) is 0 Å². The van der Waals surface area contributed by atoms with Gasteiger partial charge < -0.3 is 13.6 Å². The van der Waals surface area contributed by atoms with Crippen LogP contribution < -0.4 is 0 Å². The van der Waals surface area contributed by atoms with E-state index in [1.54, 1.807) is 5.57 Å². The molecular weight excluding hydrogens is 577 g/mol. The Morgan fingerprint density at radius 3 is 2.00 bits per heavy atom. The van der Waals surface area contributed by atoms with Gasteiger partial charge in [-0.05, 0) is 125 Å². The summed E-state index contributed by atoms with van der Waals surface area (Å²) in [4.78, 5) is 12.3. The maximum atomic E-state index is 12.3. The summed E-state index contributed by atoms with van der Waals surface area (Å²) in [6, 6.07) is 0. The first-order valence-corrected chi connectivity index (χ1v) is 23.5. The van der Waals surface area contributed by atoms with E-state index in [2.05, 4.69) is 99.8 Å². The molecule has 0 aromatic carbocycles.